The number of carbonyl (C=O) groups is 2. The van der Waals surface area contributed by atoms with Crippen molar-refractivity contribution < 1.29 is 24.4 Å². The second-order valence-electron chi connectivity index (χ2n) is 5.43. The number of carbonyl (C=O) groups excluding carboxylic acids is 1. The second kappa shape index (κ2) is 6.54. The number of rotatable bonds is 4. The number of hydrogen-bond acceptors (Lipinski definition) is 6. The average molecular weight is 350 g/mol. The Morgan fingerprint density at radius 3 is 2.92 bits per heavy atom. The molecule has 0 saturated carbocycles. The number of aliphatic carboxylic acids is 1. The van der Waals surface area contributed by atoms with Crippen molar-refractivity contribution in [3.8, 4) is 0 Å². The third kappa shape index (κ3) is 3.36. The Kier molecular flexibility index (Phi) is 4.45. The molecule has 1 aromatic heterocycles. The summed E-state index contributed by atoms with van der Waals surface area (Å²) in [6.07, 6.45) is -0.668. The van der Waals surface area contributed by atoms with E-state index in [1.807, 2.05) is 0 Å². The number of carboxylic acids is 1. The van der Waals surface area contributed by atoms with Crippen molar-refractivity contribution >= 4 is 39.0 Å². The molecule has 0 bridgehead atoms. The van der Waals surface area contributed by atoms with E-state index in [-0.39, 0.29) is 24.6 Å². The van der Waals surface area contributed by atoms with Gasteiger partial charge in [0, 0.05) is 35.3 Å². The van der Waals surface area contributed by atoms with Gasteiger partial charge in [0.05, 0.1) is 28.9 Å². The van der Waals surface area contributed by atoms with Gasteiger partial charge in [0.2, 0.25) is 0 Å². The predicted octanol–water partition coefficient (Wildman–Crippen LogP) is 2.13. The summed E-state index contributed by atoms with van der Waals surface area (Å²) in [6, 6.07) is 6.11. The lowest BCUT2D eigenvalue weighted by molar-refractivity contribution is -0.384. The molecule has 1 aliphatic rings. The van der Waals surface area contributed by atoms with E-state index in [0.717, 1.165) is 4.70 Å². The summed E-state index contributed by atoms with van der Waals surface area (Å²) in [4.78, 5) is 35.8. The van der Waals surface area contributed by atoms with Crippen molar-refractivity contribution in [3.05, 3.63) is 39.3 Å². The molecule has 1 unspecified atom stereocenters. The van der Waals surface area contributed by atoms with E-state index in [9.17, 15) is 19.7 Å². The van der Waals surface area contributed by atoms with Gasteiger partial charge in [-0.2, -0.15) is 0 Å². The Labute approximate surface area is 140 Å². The average Bonchev–Trinajstić information content (AvgIpc) is 2.96. The maximum Gasteiger partial charge on any atom is 0.306 e. The Bertz CT molecular complexity index is 817. The zero-order valence-corrected chi connectivity index (χ0v) is 13.3. The monoisotopic (exact) mass is 350 g/mol. The number of nitro groups is 1. The summed E-state index contributed by atoms with van der Waals surface area (Å²) < 4.78 is 6.15. The van der Waals surface area contributed by atoms with Gasteiger partial charge in [-0.3, -0.25) is 19.7 Å². The minimum atomic E-state index is -0.969. The topological polar surface area (TPSA) is 110 Å². The van der Waals surface area contributed by atoms with Crippen molar-refractivity contribution in [2.24, 2.45) is 0 Å². The number of nitrogens with zero attached hydrogens (tertiary/aromatic N) is 2. The largest absolute Gasteiger partial charge is 0.481 e. The number of ether oxygens (including phenoxy) is 1. The molecule has 1 amide bonds. The van der Waals surface area contributed by atoms with Gasteiger partial charge in [-0.25, -0.2) is 0 Å². The zero-order valence-electron chi connectivity index (χ0n) is 12.5. The number of morpholine rings is 1. The van der Waals surface area contributed by atoms with E-state index in [1.165, 1.54) is 23.5 Å². The molecule has 0 spiro atoms. The number of benzene rings is 1. The van der Waals surface area contributed by atoms with Crippen LogP contribution in [0.25, 0.3) is 10.1 Å². The molecule has 1 aliphatic heterocycles. The zero-order chi connectivity index (χ0) is 17.3. The fourth-order valence-electron chi connectivity index (χ4n) is 2.63. The van der Waals surface area contributed by atoms with Gasteiger partial charge in [0.1, 0.15) is 0 Å². The lowest BCUT2D eigenvalue weighted by Crippen LogP contribution is -2.46. The molecule has 1 saturated heterocycles. The molecule has 9 heteroatoms. The first-order chi connectivity index (χ1) is 11.4. The van der Waals surface area contributed by atoms with E-state index >= 15 is 0 Å². The summed E-state index contributed by atoms with van der Waals surface area (Å²) >= 11 is 1.26. The van der Waals surface area contributed by atoms with Gasteiger partial charge < -0.3 is 14.7 Å². The van der Waals surface area contributed by atoms with Crippen LogP contribution in [0.1, 0.15) is 16.1 Å². The highest BCUT2D eigenvalue weighted by molar-refractivity contribution is 7.20. The summed E-state index contributed by atoms with van der Waals surface area (Å²) in [5, 5.41) is 20.3. The maximum atomic E-state index is 12.6. The van der Waals surface area contributed by atoms with E-state index in [4.69, 9.17) is 9.84 Å². The minimum absolute atomic E-state index is 0.0211. The quantitative estimate of drug-likeness (QED) is 0.668. The van der Waals surface area contributed by atoms with Crippen LogP contribution >= 0.6 is 11.3 Å². The van der Waals surface area contributed by atoms with Gasteiger partial charge in [-0.05, 0) is 12.1 Å². The number of carboxylic acid groups (broad SMARTS) is 1. The molecular formula is C15H14N2O6S. The van der Waals surface area contributed by atoms with Crippen LogP contribution in [0.3, 0.4) is 0 Å². The smallest absolute Gasteiger partial charge is 0.306 e. The first kappa shape index (κ1) is 16.3. The second-order valence-corrected chi connectivity index (χ2v) is 6.52. The molecule has 1 atom stereocenters. The van der Waals surface area contributed by atoms with Gasteiger partial charge >= 0.3 is 5.97 Å². The molecule has 1 N–H and O–H groups in total. The Morgan fingerprint density at radius 2 is 2.21 bits per heavy atom. The van der Waals surface area contributed by atoms with Gasteiger partial charge in [-0.15, -0.1) is 11.3 Å². The van der Waals surface area contributed by atoms with Crippen LogP contribution in [0.4, 0.5) is 5.69 Å². The molecule has 1 aromatic carbocycles. The molecule has 2 aromatic rings. The van der Waals surface area contributed by atoms with Crippen LogP contribution in [0.5, 0.6) is 0 Å². The number of non-ortho nitro benzene ring substituents is 1. The number of amides is 1. The first-order valence-corrected chi connectivity index (χ1v) is 8.06. The van der Waals surface area contributed by atoms with Crippen molar-refractivity contribution in [3.63, 3.8) is 0 Å². The van der Waals surface area contributed by atoms with E-state index < -0.39 is 17.0 Å². The predicted molar refractivity (Wildman–Crippen MR) is 86.4 cm³/mol. The molecule has 3 rings (SSSR count). The normalized spacial score (nSPS) is 17.8. The Morgan fingerprint density at radius 1 is 1.42 bits per heavy atom. The number of thiophene rings is 1. The van der Waals surface area contributed by atoms with Crippen LogP contribution in [0.15, 0.2) is 24.3 Å². The molecule has 24 heavy (non-hydrogen) atoms. The number of hydrogen-bond donors (Lipinski definition) is 1. The van der Waals surface area contributed by atoms with Crippen LogP contribution in [-0.2, 0) is 9.53 Å². The Hall–Kier alpha value is -2.52. The lowest BCUT2D eigenvalue weighted by Gasteiger charge is -2.32. The van der Waals surface area contributed by atoms with Crippen LogP contribution < -0.4 is 0 Å². The van der Waals surface area contributed by atoms with Crippen molar-refractivity contribution in [1.29, 1.82) is 0 Å². The third-order valence-corrected chi connectivity index (χ3v) is 4.85. The van der Waals surface area contributed by atoms with Gasteiger partial charge in [0.25, 0.3) is 11.6 Å². The Balaban J connectivity index is 1.80. The summed E-state index contributed by atoms with van der Waals surface area (Å²) in [6.45, 7) is 0.906. The fraction of sp³-hybridized carbons (Fsp3) is 0.333. The molecule has 1 fully saturated rings. The van der Waals surface area contributed by atoms with Crippen molar-refractivity contribution in [2.75, 3.05) is 19.7 Å². The van der Waals surface area contributed by atoms with E-state index in [0.29, 0.717) is 23.4 Å². The van der Waals surface area contributed by atoms with Crippen LogP contribution in [0, 0.1) is 10.1 Å². The molecule has 2 heterocycles. The fourth-order valence-corrected chi connectivity index (χ4v) is 3.64. The highest BCUT2D eigenvalue weighted by atomic mass is 32.1. The molecule has 0 aliphatic carbocycles. The van der Waals surface area contributed by atoms with Gasteiger partial charge in [0.15, 0.2) is 0 Å². The minimum Gasteiger partial charge on any atom is -0.481 e. The maximum absolute atomic E-state index is 12.6. The van der Waals surface area contributed by atoms with Crippen LogP contribution in [-0.4, -0.2) is 52.6 Å². The summed E-state index contributed by atoms with van der Waals surface area (Å²) in [5.41, 5.74) is -0.0211. The standard InChI is InChI=1S/C15H14N2O6S/c18-14(19)7-11-8-16(3-4-23-11)15(20)13-6-9-5-10(17(21)22)1-2-12(9)24-13/h1-2,5-6,11H,3-4,7-8H2,(H,18,19). The highest BCUT2D eigenvalue weighted by Crippen LogP contribution is 2.30. The molecule has 0 radical (unpaired) electrons. The van der Waals surface area contributed by atoms with Crippen molar-refractivity contribution in [1.82, 2.24) is 4.90 Å². The third-order valence-electron chi connectivity index (χ3n) is 3.75. The van der Waals surface area contributed by atoms with Gasteiger partial charge in [-0.1, -0.05) is 0 Å². The first-order valence-electron chi connectivity index (χ1n) is 7.24. The van der Waals surface area contributed by atoms with Crippen LogP contribution in [0.2, 0.25) is 0 Å². The van der Waals surface area contributed by atoms with E-state index in [2.05, 4.69) is 0 Å². The summed E-state index contributed by atoms with van der Waals surface area (Å²) in [7, 11) is 0. The van der Waals surface area contributed by atoms with Crippen molar-refractivity contribution in [2.45, 2.75) is 12.5 Å². The van der Waals surface area contributed by atoms with E-state index in [1.54, 1.807) is 17.0 Å². The number of nitro benzene ring substituents is 1. The highest BCUT2D eigenvalue weighted by Gasteiger charge is 2.27. The molecule has 8 nitrogen and oxygen atoms in total. The SMILES string of the molecule is O=C(O)CC1CN(C(=O)c2cc3cc([N+](=O)[O-])ccc3s2)CCO1. The number of fused-ring (bicyclic) bond motifs is 1. The molecular weight excluding hydrogens is 336 g/mol. The molecule has 126 valence electrons. The summed E-state index contributed by atoms with van der Waals surface area (Å²) in [5.74, 6) is -1.18. The lowest BCUT2D eigenvalue weighted by atomic mass is 10.2.